The summed E-state index contributed by atoms with van der Waals surface area (Å²) in [5, 5.41) is 15.8. The van der Waals surface area contributed by atoms with Gasteiger partial charge in [-0.15, -0.1) is 0 Å². The molecular formula is H6N4O5. The van der Waals surface area contributed by atoms with Gasteiger partial charge >= 0.3 is 5.04 Å². The van der Waals surface area contributed by atoms with E-state index >= 15 is 0 Å². The zero-order chi connectivity index (χ0) is 6.28. The van der Waals surface area contributed by atoms with Crippen LogP contribution >= 0.6 is 0 Å². The van der Waals surface area contributed by atoms with E-state index in [1.54, 1.807) is 0 Å². The zero-order valence-corrected chi connectivity index (χ0v) is 4.35. The van der Waals surface area contributed by atoms with Crippen molar-refractivity contribution in [1.82, 2.24) is 17.3 Å². The van der Waals surface area contributed by atoms with Gasteiger partial charge in [-0.25, -0.2) is 0 Å². The molecule has 0 bridgehead atoms. The molecule has 9 nitrogen and oxygen atoms in total. The Kier molecular flexibility index (Phi) is 93.1. The molecule has 0 fully saturated rings. The molecule has 0 atom stereocenters. The lowest BCUT2D eigenvalue weighted by Crippen LogP contribution is -1.74. The van der Waals surface area contributed by atoms with Gasteiger partial charge in [-0.1, -0.05) is 0 Å². The summed E-state index contributed by atoms with van der Waals surface area (Å²) in [5.74, 6) is 0. The summed E-state index contributed by atoms with van der Waals surface area (Å²) in [6.07, 6.45) is 0. The Morgan fingerprint density at radius 2 is 1.11 bits per heavy atom. The normalized spacial score (nSPS) is 3.56. The SMILES string of the molecule is N.N.O=[N+]([O-])[O-].O=[N+]=O. The van der Waals surface area contributed by atoms with Crippen LogP contribution in [0.15, 0.2) is 0 Å². The Hall–Kier alpha value is -1.57. The highest BCUT2D eigenvalue weighted by Crippen LogP contribution is 1.44. The standard InChI is InChI=1S/NO3.NO2.2H3N/c2-1(3)4;2-1-3;;/h;;2*1H3/q-1;+1;;. The van der Waals surface area contributed by atoms with Crippen molar-refractivity contribution in [3.05, 3.63) is 25.1 Å². The molecule has 0 aliphatic rings. The van der Waals surface area contributed by atoms with Crippen molar-refractivity contribution >= 4 is 0 Å². The van der Waals surface area contributed by atoms with E-state index in [-0.39, 0.29) is 12.3 Å². The van der Waals surface area contributed by atoms with Crippen molar-refractivity contribution in [3.63, 3.8) is 0 Å². The topological polar surface area (TPSA) is 184 Å². The van der Waals surface area contributed by atoms with Gasteiger partial charge in [0.2, 0.25) is 9.81 Å². The average Bonchev–Trinajstić information content (AvgIpc) is 1.33. The summed E-state index contributed by atoms with van der Waals surface area (Å²) >= 11 is 0. The zero-order valence-electron chi connectivity index (χ0n) is 4.35. The van der Waals surface area contributed by atoms with E-state index in [4.69, 9.17) is 25.1 Å². The third kappa shape index (κ3) is 51.2. The molecule has 0 aromatic rings. The van der Waals surface area contributed by atoms with Gasteiger partial charge in [0.25, 0.3) is 0 Å². The number of hydrogen-bond donors (Lipinski definition) is 2. The highest BCUT2D eigenvalue weighted by atomic mass is 16.9. The molecule has 0 saturated heterocycles. The first-order chi connectivity index (χ1) is 3.15. The van der Waals surface area contributed by atoms with Crippen molar-refractivity contribution in [2.75, 3.05) is 0 Å². The molecule has 0 aromatic carbocycles. The molecule has 0 aliphatic heterocycles. The number of hydrogen-bond acceptors (Lipinski definition) is 7. The summed E-state index contributed by atoms with van der Waals surface area (Å²) in [6.45, 7) is 0. The van der Waals surface area contributed by atoms with Gasteiger partial charge in [-0.2, -0.15) is 0 Å². The fraction of sp³-hybridized carbons (Fsp3) is 0. The maximum absolute atomic E-state index is 8.25. The van der Waals surface area contributed by atoms with Crippen molar-refractivity contribution in [3.8, 4) is 0 Å². The minimum Gasteiger partial charge on any atom is -0.356 e. The Labute approximate surface area is 48.9 Å². The minimum absolute atomic E-state index is 0. The van der Waals surface area contributed by atoms with E-state index in [1.165, 1.54) is 0 Å². The van der Waals surface area contributed by atoms with E-state index < -0.39 is 5.09 Å². The second-order valence-electron chi connectivity index (χ2n) is 0.298. The van der Waals surface area contributed by atoms with Crippen molar-refractivity contribution in [1.29, 1.82) is 0 Å². The molecule has 0 unspecified atom stereocenters. The fourth-order valence-electron chi connectivity index (χ4n) is 0. The summed E-state index contributed by atoms with van der Waals surface area (Å²) in [7, 11) is 0. The maximum atomic E-state index is 8.25. The average molecular weight is 142 g/mol. The molecule has 9 heteroatoms. The largest absolute Gasteiger partial charge is 0.569 e. The lowest BCUT2D eigenvalue weighted by molar-refractivity contribution is -0.402. The minimum atomic E-state index is -1.75. The number of nitroso groups, excluding NO2 is 2. The maximum Gasteiger partial charge on any atom is 0.569 e. The first-order valence-electron chi connectivity index (χ1n) is 0.913. The molecule has 0 radical (unpaired) electrons. The quantitative estimate of drug-likeness (QED) is 0.263. The lowest BCUT2D eigenvalue weighted by Gasteiger charge is -1.74. The molecule has 0 rings (SSSR count). The van der Waals surface area contributed by atoms with Gasteiger partial charge in [0.15, 0.2) is 0 Å². The van der Waals surface area contributed by atoms with E-state index in [9.17, 15) is 0 Å². The van der Waals surface area contributed by atoms with Crippen LogP contribution in [0.3, 0.4) is 0 Å². The Bertz CT molecular complexity index is 77.0. The molecule has 0 spiro atoms. The first-order valence-corrected chi connectivity index (χ1v) is 0.913. The summed E-state index contributed by atoms with van der Waals surface area (Å²) in [4.78, 5) is 24.2. The van der Waals surface area contributed by atoms with Gasteiger partial charge in [0.05, 0.1) is 5.09 Å². The Balaban J connectivity index is -0.0000000233. The molecule has 0 amide bonds. The predicted octanol–water partition coefficient (Wildman–Crippen LogP) is -0.329. The van der Waals surface area contributed by atoms with E-state index in [2.05, 4.69) is 0 Å². The van der Waals surface area contributed by atoms with Gasteiger partial charge in [-0.3, -0.25) is 0 Å². The highest BCUT2D eigenvalue weighted by Gasteiger charge is 1.45. The molecule has 0 heterocycles. The summed E-state index contributed by atoms with van der Waals surface area (Å²) in [5.41, 5.74) is 0. The number of nitrogens with zero attached hydrogens (tertiary/aromatic N) is 2. The second kappa shape index (κ2) is 32.1. The van der Waals surface area contributed by atoms with Gasteiger partial charge in [-0.05, 0) is 0 Å². The van der Waals surface area contributed by atoms with Crippen molar-refractivity contribution in [2.45, 2.75) is 0 Å². The van der Waals surface area contributed by atoms with Crippen LogP contribution in [-0.4, -0.2) is 5.09 Å². The summed E-state index contributed by atoms with van der Waals surface area (Å²) in [6, 6.07) is 0. The third-order valence-electron chi connectivity index (χ3n) is 0. The second-order valence-corrected chi connectivity index (χ2v) is 0.298. The molecule has 0 saturated carbocycles. The van der Waals surface area contributed by atoms with Crippen LogP contribution in [0, 0.1) is 25.1 Å². The predicted molar refractivity (Wildman–Crippen MR) is 29.3 cm³/mol. The van der Waals surface area contributed by atoms with Crippen molar-refractivity contribution < 1.29 is 5.09 Å². The van der Waals surface area contributed by atoms with Gasteiger partial charge in [0.1, 0.15) is 0 Å². The lowest BCUT2D eigenvalue weighted by atomic mass is 13.1. The molecule has 9 heavy (non-hydrogen) atoms. The molecule has 56 valence electrons. The number of rotatable bonds is 0. The van der Waals surface area contributed by atoms with E-state index in [0.29, 0.717) is 0 Å². The Morgan fingerprint density at radius 1 is 1.11 bits per heavy atom. The van der Waals surface area contributed by atoms with Crippen molar-refractivity contribution in [2.24, 2.45) is 0 Å². The molecule has 0 aromatic heterocycles. The molecule has 6 N–H and O–H groups in total. The smallest absolute Gasteiger partial charge is 0.356 e. The van der Waals surface area contributed by atoms with Gasteiger partial charge < -0.3 is 27.6 Å². The van der Waals surface area contributed by atoms with Crippen LogP contribution in [0.1, 0.15) is 0 Å². The van der Waals surface area contributed by atoms with Crippen LogP contribution in [0.4, 0.5) is 0 Å². The van der Waals surface area contributed by atoms with Crippen LogP contribution in [-0.2, 0) is 0 Å². The van der Waals surface area contributed by atoms with Crippen LogP contribution < -0.4 is 17.3 Å². The van der Waals surface area contributed by atoms with Crippen LogP contribution in [0.5, 0.6) is 0 Å². The first kappa shape index (κ1) is 26.1. The Morgan fingerprint density at radius 3 is 1.11 bits per heavy atom. The monoisotopic (exact) mass is 142 g/mol. The molecule has 0 aliphatic carbocycles. The van der Waals surface area contributed by atoms with E-state index in [0.717, 1.165) is 5.04 Å². The van der Waals surface area contributed by atoms with Gasteiger partial charge in [0, 0.05) is 0 Å². The third-order valence-corrected chi connectivity index (χ3v) is 0. The fourth-order valence-corrected chi connectivity index (χ4v) is 0. The van der Waals surface area contributed by atoms with Crippen LogP contribution in [0.25, 0.3) is 0 Å². The van der Waals surface area contributed by atoms with Crippen LogP contribution in [0.2, 0.25) is 0 Å². The molecular weight excluding hydrogens is 136 g/mol. The highest BCUT2D eigenvalue weighted by molar-refractivity contribution is 4.03. The van der Waals surface area contributed by atoms with E-state index in [1.807, 2.05) is 0 Å². The summed E-state index contributed by atoms with van der Waals surface area (Å²) < 4.78 is 0.